The topological polar surface area (TPSA) is 105 Å². The molecule has 3 aromatic rings. The van der Waals surface area contributed by atoms with Crippen molar-refractivity contribution in [2.45, 2.75) is 25.3 Å². The van der Waals surface area contributed by atoms with E-state index in [1.54, 1.807) is 23.0 Å². The molecule has 1 aromatic carbocycles. The predicted molar refractivity (Wildman–Crippen MR) is 87.9 cm³/mol. The summed E-state index contributed by atoms with van der Waals surface area (Å²) in [4.78, 5) is 16.5. The van der Waals surface area contributed by atoms with Crippen molar-refractivity contribution in [2.24, 2.45) is 0 Å². The monoisotopic (exact) mass is 327 g/mol. The number of hydrogen-bond acceptors (Lipinski definition) is 5. The summed E-state index contributed by atoms with van der Waals surface area (Å²) in [6.45, 7) is 0.377. The Balaban J connectivity index is 1.43. The molecule has 2 aromatic heterocycles. The van der Waals surface area contributed by atoms with Crippen LogP contribution in [0.4, 0.5) is 16.2 Å². The summed E-state index contributed by atoms with van der Waals surface area (Å²) in [5.74, 6) is 1.23. The molecular formula is C16H17N5O3. The quantitative estimate of drug-likeness (QED) is 0.668. The maximum absolute atomic E-state index is 12.1. The van der Waals surface area contributed by atoms with Gasteiger partial charge in [-0.2, -0.15) is 5.10 Å². The first-order valence-corrected chi connectivity index (χ1v) is 7.83. The first-order valence-electron chi connectivity index (χ1n) is 7.83. The van der Waals surface area contributed by atoms with Crippen LogP contribution in [0.1, 0.15) is 24.7 Å². The van der Waals surface area contributed by atoms with Gasteiger partial charge in [0.15, 0.2) is 11.5 Å². The Morgan fingerprint density at radius 2 is 2.17 bits per heavy atom. The lowest BCUT2D eigenvalue weighted by molar-refractivity contribution is 0.262. The Labute approximate surface area is 137 Å². The summed E-state index contributed by atoms with van der Waals surface area (Å²) in [7, 11) is 0. The number of anilines is 2. The van der Waals surface area contributed by atoms with Crippen LogP contribution in [0.25, 0.3) is 11.1 Å². The van der Waals surface area contributed by atoms with E-state index < -0.39 is 0 Å². The Morgan fingerprint density at radius 3 is 2.96 bits per heavy atom. The van der Waals surface area contributed by atoms with Crippen LogP contribution in [0.3, 0.4) is 0 Å². The van der Waals surface area contributed by atoms with E-state index in [-0.39, 0.29) is 12.6 Å². The average Bonchev–Trinajstić information content (AvgIpc) is 3.18. The highest BCUT2D eigenvalue weighted by Crippen LogP contribution is 2.40. The maximum atomic E-state index is 12.1. The van der Waals surface area contributed by atoms with E-state index in [2.05, 4.69) is 20.7 Å². The van der Waals surface area contributed by atoms with Gasteiger partial charge in [0, 0.05) is 23.9 Å². The molecule has 0 radical (unpaired) electrons. The molecular weight excluding hydrogens is 310 g/mol. The van der Waals surface area contributed by atoms with E-state index in [9.17, 15) is 4.79 Å². The van der Waals surface area contributed by atoms with Crippen LogP contribution < -0.4 is 10.6 Å². The molecule has 8 nitrogen and oxygen atoms in total. The second kappa shape index (κ2) is 5.97. The van der Waals surface area contributed by atoms with E-state index in [1.807, 2.05) is 6.07 Å². The summed E-state index contributed by atoms with van der Waals surface area (Å²) in [6.07, 6.45) is 5.43. The summed E-state index contributed by atoms with van der Waals surface area (Å²) in [5.41, 5.74) is 2.65. The Kier molecular flexibility index (Phi) is 3.66. The van der Waals surface area contributed by atoms with E-state index in [0.29, 0.717) is 29.4 Å². The highest BCUT2D eigenvalue weighted by Gasteiger charge is 2.28. The van der Waals surface area contributed by atoms with Crippen LogP contribution >= 0.6 is 0 Å². The van der Waals surface area contributed by atoms with E-state index >= 15 is 0 Å². The van der Waals surface area contributed by atoms with Gasteiger partial charge in [0.25, 0.3) is 0 Å². The molecule has 0 spiro atoms. The molecule has 24 heavy (non-hydrogen) atoms. The molecule has 1 aliphatic rings. The number of aliphatic hydroxyl groups excluding tert-OH is 1. The Morgan fingerprint density at radius 1 is 1.33 bits per heavy atom. The van der Waals surface area contributed by atoms with Gasteiger partial charge in [-0.15, -0.1) is 0 Å². The van der Waals surface area contributed by atoms with Gasteiger partial charge in [-0.1, -0.05) is 0 Å². The number of aromatic nitrogens is 3. The third-order valence-electron chi connectivity index (χ3n) is 3.81. The van der Waals surface area contributed by atoms with Crippen LogP contribution in [0, 0.1) is 0 Å². The highest BCUT2D eigenvalue weighted by molar-refractivity contribution is 6.00. The number of oxazole rings is 1. The molecule has 0 atom stereocenters. The van der Waals surface area contributed by atoms with Gasteiger partial charge >= 0.3 is 6.03 Å². The molecule has 0 aliphatic heterocycles. The summed E-state index contributed by atoms with van der Waals surface area (Å²) in [6, 6.07) is 5.01. The fourth-order valence-corrected chi connectivity index (χ4v) is 2.47. The van der Waals surface area contributed by atoms with Gasteiger partial charge < -0.3 is 20.2 Å². The van der Waals surface area contributed by atoms with Gasteiger partial charge in [0.1, 0.15) is 5.52 Å². The normalized spacial score (nSPS) is 14.0. The van der Waals surface area contributed by atoms with Crippen molar-refractivity contribution >= 4 is 28.5 Å². The molecule has 0 unspecified atom stereocenters. The number of urea groups is 1. The summed E-state index contributed by atoms with van der Waals surface area (Å²) in [5, 5.41) is 18.3. The Hall–Kier alpha value is -2.87. The van der Waals surface area contributed by atoms with Gasteiger partial charge in [0.2, 0.25) is 0 Å². The number of amides is 2. The van der Waals surface area contributed by atoms with Crippen molar-refractivity contribution in [3.05, 3.63) is 36.5 Å². The maximum Gasteiger partial charge on any atom is 0.323 e. The number of carbonyl (C=O) groups is 1. The lowest BCUT2D eigenvalue weighted by Gasteiger charge is -2.05. The smallest absolute Gasteiger partial charge is 0.323 e. The van der Waals surface area contributed by atoms with E-state index in [0.717, 1.165) is 24.2 Å². The van der Waals surface area contributed by atoms with Gasteiger partial charge in [0.05, 0.1) is 25.0 Å². The van der Waals surface area contributed by atoms with Crippen LogP contribution in [-0.4, -0.2) is 32.5 Å². The largest absolute Gasteiger partial charge is 0.440 e. The van der Waals surface area contributed by atoms with Crippen molar-refractivity contribution in [3.63, 3.8) is 0 Å². The average molecular weight is 327 g/mol. The minimum atomic E-state index is -0.375. The van der Waals surface area contributed by atoms with Crippen LogP contribution in [0.2, 0.25) is 0 Å². The number of rotatable bonds is 5. The summed E-state index contributed by atoms with van der Waals surface area (Å²) >= 11 is 0. The molecule has 0 bridgehead atoms. The van der Waals surface area contributed by atoms with Crippen molar-refractivity contribution in [1.29, 1.82) is 0 Å². The first-order chi connectivity index (χ1) is 11.7. The zero-order valence-corrected chi connectivity index (χ0v) is 12.9. The van der Waals surface area contributed by atoms with Crippen molar-refractivity contribution in [3.8, 4) is 0 Å². The minimum absolute atomic E-state index is 0.00659. The number of benzene rings is 1. The predicted octanol–water partition coefficient (Wildman–Crippen LogP) is 2.54. The number of nitrogens with zero attached hydrogens (tertiary/aromatic N) is 3. The second-order valence-corrected chi connectivity index (χ2v) is 5.80. The van der Waals surface area contributed by atoms with Gasteiger partial charge in [-0.05, 0) is 25.0 Å². The summed E-state index contributed by atoms with van der Waals surface area (Å²) < 4.78 is 7.29. The van der Waals surface area contributed by atoms with Gasteiger partial charge in [-0.3, -0.25) is 4.68 Å². The molecule has 1 saturated carbocycles. The molecule has 0 saturated heterocycles. The van der Waals surface area contributed by atoms with Gasteiger partial charge in [-0.25, -0.2) is 9.78 Å². The lowest BCUT2D eigenvalue weighted by atomic mass is 10.3. The zero-order valence-electron chi connectivity index (χ0n) is 12.9. The van der Waals surface area contributed by atoms with Crippen molar-refractivity contribution in [1.82, 2.24) is 14.8 Å². The van der Waals surface area contributed by atoms with Crippen LogP contribution in [-0.2, 0) is 6.54 Å². The number of hydrogen-bond donors (Lipinski definition) is 3. The third kappa shape index (κ3) is 3.09. The Bertz CT molecular complexity index is 881. The molecule has 1 fully saturated rings. The number of carbonyl (C=O) groups excluding carboxylic acids is 1. The van der Waals surface area contributed by atoms with Crippen molar-refractivity contribution < 1.29 is 14.3 Å². The molecule has 3 N–H and O–H groups in total. The minimum Gasteiger partial charge on any atom is -0.440 e. The SMILES string of the molecule is O=C(Nc1ccc2nc(C3CC3)oc2c1)Nc1cnn(CCO)c1. The third-order valence-corrected chi connectivity index (χ3v) is 3.81. The number of fused-ring (bicyclic) bond motifs is 1. The second-order valence-electron chi connectivity index (χ2n) is 5.80. The molecule has 1 aliphatic carbocycles. The zero-order chi connectivity index (χ0) is 16.5. The van der Waals surface area contributed by atoms with E-state index in [1.165, 1.54) is 6.20 Å². The standard InChI is InChI=1S/C16H17N5O3/c22-6-5-21-9-12(8-17-21)19-16(23)18-11-3-4-13-14(7-11)24-15(20-13)10-1-2-10/h3-4,7-10,22H,1-2,5-6H2,(H2,18,19,23). The fraction of sp³-hybridized carbons (Fsp3) is 0.312. The number of aliphatic hydroxyl groups is 1. The van der Waals surface area contributed by atoms with E-state index in [4.69, 9.17) is 9.52 Å². The molecule has 124 valence electrons. The highest BCUT2D eigenvalue weighted by atomic mass is 16.3. The molecule has 8 heteroatoms. The molecule has 4 rings (SSSR count). The van der Waals surface area contributed by atoms with Crippen LogP contribution in [0.15, 0.2) is 35.0 Å². The number of nitrogens with one attached hydrogen (secondary N) is 2. The fourth-order valence-electron chi connectivity index (χ4n) is 2.47. The van der Waals surface area contributed by atoms with Crippen LogP contribution in [0.5, 0.6) is 0 Å². The van der Waals surface area contributed by atoms with Crippen molar-refractivity contribution in [2.75, 3.05) is 17.2 Å². The molecule has 2 heterocycles. The molecule has 2 amide bonds. The first kappa shape index (κ1) is 14.7. The lowest BCUT2D eigenvalue weighted by Crippen LogP contribution is -2.19.